The van der Waals surface area contributed by atoms with Gasteiger partial charge in [-0.05, 0) is 38.6 Å². The second kappa shape index (κ2) is 6.33. The van der Waals surface area contributed by atoms with Crippen LogP contribution in [0.15, 0.2) is 0 Å². The zero-order chi connectivity index (χ0) is 14.1. The second-order valence-electron chi connectivity index (χ2n) is 7.40. The Morgan fingerprint density at radius 1 is 1.15 bits per heavy atom. The van der Waals surface area contributed by atoms with Crippen LogP contribution in [-0.2, 0) is 0 Å². The third-order valence-electron chi connectivity index (χ3n) is 6.23. The standard InChI is InChI=1S/C17H33N3/c1-4-13(2)15-12-20(14(3)11-18-15)17-8-10-19-9-6-5-7-16(17)19/h13-18H,4-12H2,1-3H3. The largest absolute Gasteiger partial charge is 0.311 e. The Kier molecular flexibility index (Phi) is 4.68. The van der Waals surface area contributed by atoms with Gasteiger partial charge in [0.25, 0.3) is 0 Å². The highest BCUT2D eigenvalue weighted by molar-refractivity contribution is 4.99. The minimum Gasteiger partial charge on any atom is -0.311 e. The molecule has 0 spiro atoms. The summed E-state index contributed by atoms with van der Waals surface area (Å²) in [5.41, 5.74) is 0. The summed E-state index contributed by atoms with van der Waals surface area (Å²) in [5.74, 6) is 0.800. The number of fused-ring (bicyclic) bond motifs is 1. The molecule has 0 radical (unpaired) electrons. The third-order valence-corrected chi connectivity index (χ3v) is 6.23. The van der Waals surface area contributed by atoms with E-state index in [1.54, 1.807) is 0 Å². The molecule has 3 aliphatic rings. The fourth-order valence-corrected chi connectivity index (χ4v) is 4.65. The number of hydrogen-bond donors (Lipinski definition) is 1. The molecule has 5 unspecified atom stereocenters. The van der Waals surface area contributed by atoms with Crippen LogP contribution < -0.4 is 5.32 Å². The van der Waals surface area contributed by atoms with Crippen molar-refractivity contribution in [2.45, 2.75) is 77.0 Å². The summed E-state index contributed by atoms with van der Waals surface area (Å²) < 4.78 is 0. The van der Waals surface area contributed by atoms with Gasteiger partial charge in [0.05, 0.1) is 0 Å². The molecule has 0 bridgehead atoms. The third kappa shape index (κ3) is 2.77. The molecule has 0 aliphatic carbocycles. The number of nitrogens with one attached hydrogen (secondary N) is 1. The number of hydrogen-bond acceptors (Lipinski definition) is 3. The maximum Gasteiger partial charge on any atom is 0.0267 e. The van der Waals surface area contributed by atoms with Gasteiger partial charge in [-0.15, -0.1) is 0 Å². The molecular formula is C17H33N3. The highest BCUT2D eigenvalue weighted by atomic mass is 15.3. The van der Waals surface area contributed by atoms with Crippen LogP contribution >= 0.6 is 0 Å². The van der Waals surface area contributed by atoms with Gasteiger partial charge in [-0.2, -0.15) is 0 Å². The minimum atomic E-state index is 0.703. The lowest BCUT2D eigenvalue weighted by atomic mass is 9.91. The summed E-state index contributed by atoms with van der Waals surface area (Å²) in [6.45, 7) is 12.3. The Bertz CT molecular complexity index is 319. The van der Waals surface area contributed by atoms with E-state index < -0.39 is 0 Å². The molecule has 1 N–H and O–H groups in total. The molecule has 116 valence electrons. The molecule has 20 heavy (non-hydrogen) atoms. The highest BCUT2D eigenvalue weighted by Crippen LogP contribution is 2.32. The van der Waals surface area contributed by atoms with Crippen molar-refractivity contribution in [1.29, 1.82) is 0 Å². The predicted octanol–water partition coefficient (Wildman–Crippen LogP) is 2.32. The van der Waals surface area contributed by atoms with Gasteiger partial charge in [0.2, 0.25) is 0 Å². The Hall–Kier alpha value is -0.120. The second-order valence-corrected chi connectivity index (χ2v) is 7.40. The van der Waals surface area contributed by atoms with E-state index in [0.29, 0.717) is 12.1 Å². The molecule has 0 aromatic carbocycles. The van der Waals surface area contributed by atoms with Crippen molar-refractivity contribution in [3.8, 4) is 0 Å². The van der Waals surface area contributed by atoms with Gasteiger partial charge >= 0.3 is 0 Å². The molecule has 3 aliphatic heterocycles. The zero-order valence-electron chi connectivity index (χ0n) is 13.6. The Morgan fingerprint density at radius 2 is 2.00 bits per heavy atom. The lowest BCUT2D eigenvalue weighted by molar-refractivity contribution is 0.0457. The number of piperazine rings is 1. The normalized spacial score (nSPS) is 41.5. The monoisotopic (exact) mass is 279 g/mol. The summed E-state index contributed by atoms with van der Waals surface area (Å²) >= 11 is 0. The summed E-state index contributed by atoms with van der Waals surface area (Å²) in [7, 11) is 0. The van der Waals surface area contributed by atoms with Gasteiger partial charge in [0.1, 0.15) is 0 Å². The van der Waals surface area contributed by atoms with E-state index in [2.05, 4.69) is 35.9 Å². The molecule has 3 saturated heterocycles. The number of rotatable bonds is 3. The van der Waals surface area contributed by atoms with Crippen LogP contribution in [0, 0.1) is 5.92 Å². The summed E-state index contributed by atoms with van der Waals surface area (Å²) in [6, 6.07) is 3.11. The van der Waals surface area contributed by atoms with Crippen molar-refractivity contribution in [3.63, 3.8) is 0 Å². The average Bonchev–Trinajstić information content (AvgIpc) is 2.91. The molecule has 3 heterocycles. The molecule has 3 fully saturated rings. The van der Waals surface area contributed by atoms with Crippen LogP contribution in [0.25, 0.3) is 0 Å². The molecule has 3 rings (SSSR count). The van der Waals surface area contributed by atoms with E-state index in [4.69, 9.17) is 0 Å². The fourth-order valence-electron chi connectivity index (χ4n) is 4.65. The molecule has 3 nitrogen and oxygen atoms in total. The first-order valence-electron chi connectivity index (χ1n) is 8.94. The van der Waals surface area contributed by atoms with Crippen LogP contribution in [-0.4, -0.2) is 60.1 Å². The van der Waals surface area contributed by atoms with Crippen LogP contribution in [0.4, 0.5) is 0 Å². The number of piperidine rings is 1. The quantitative estimate of drug-likeness (QED) is 0.855. The fraction of sp³-hybridized carbons (Fsp3) is 1.00. The zero-order valence-corrected chi connectivity index (χ0v) is 13.6. The van der Waals surface area contributed by atoms with Crippen molar-refractivity contribution in [1.82, 2.24) is 15.1 Å². The van der Waals surface area contributed by atoms with Gasteiger partial charge in [0.15, 0.2) is 0 Å². The van der Waals surface area contributed by atoms with E-state index in [1.807, 2.05) is 0 Å². The highest BCUT2D eigenvalue weighted by Gasteiger charge is 2.42. The van der Waals surface area contributed by atoms with Gasteiger partial charge in [0, 0.05) is 43.8 Å². The van der Waals surface area contributed by atoms with Crippen LogP contribution in [0.5, 0.6) is 0 Å². The molecular weight excluding hydrogens is 246 g/mol. The Balaban J connectivity index is 1.67. The maximum atomic E-state index is 3.79. The van der Waals surface area contributed by atoms with E-state index in [9.17, 15) is 0 Å². The minimum absolute atomic E-state index is 0.703. The van der Waals surface area contributed by atoms with Crippen molar-refractivity contribution in [3.05, 3.63) is 0 Å². The molecule has 0 amide bonds. The van der Waals surface area contributed by atoms with Crippen molar-refractivity contribution in [2.24, 2.45) is 5.92 Å². The predicted molar refractivity (Wildman–Crippen MR) is 85.0 cm³/mol. The van der Waals surface area contributed by atoms with Crippen LogP contribution in [0.2, 0.25) is 0 Å². The van der Waals surface area contributed by atoms with E-state index in [0.717, 1.165) is 18.0 Å². The van der Waals surface area contributed by atoms with Crippen LogP contribution in [0.1, 0.15) is 52.9 Å². The Morgan fingerprint density at radius 3 is 2.80 bits per heavy atom. The van der Waals surface area contributed by atoms with E-state index >= 15 is 0 Å². The average molecular weight is 279 g/mol. The summed E-state index contributed by atoms with van der Waals surface area (Å²) in [5, 5.41) is 3.79. The van der Waals surface area contributed by atoms with Gasteiger partial charge < -0.3 is 5.32 Å². The smallest absolute Gasteiger partial charge is 0.0267 e. The topological polar surface area (TPSA) is 18.5 Å². The first-order valence-corrected chi connectivity index (χ1v) is 8.94. The van der Waals surface area contributed by atoms with Crippen molar-refractivity contribution >= 4 is 0 Å². The van der Waals surface area contributed by atoms with Gasteiger partial charge in [-0.3, -0.25) is 9.80 Å². The van der Waals surface area contributed by atoms with E-state index in [1.165, 1.54) is 58.3 Å². The van der Waals surface area contributed by atoms with Gasteiger partial charge in [-0.25, -0.2) is 0 Å². The van der Waals surface area contributed by atoms with Crippen LogP contribution in [0.3, 0.4) is 0 Å². The molecule has 3 heteroatoms. The SMILES string of the molecule is CCC(C)C1CN(C2CCN3CCCCC23)C(C)CN1. The van der Waals surface area contributed by atoms with Gasteiger partial charge in [-0.1, -0.05) is 26.7 Å². The maximum absolute atomic E-state index is 3.79. The lowest BCUT2D eigenvalue weighted by Gasteiger charge is -2.46. The molecule has 0 saturated carbocycles. The van der Waals surface area contributed by atoms with E-state index in [-0.39, 0.29) is 0 Å². The van der Waals surface area contributed by atoms with Crippen molar-refractivity contribution in [2.75, 3.05) is 26.2 Å². The first-order chi connectivity index (χ1) is 9.70. The molecule has 5 atom stereocenters. The summed E-state index contributed by atoms with van der Waals surface area (Å²) in [6.07, 6.45) is 7.01. The molecule has 0 aromatic heterocycles. The first kappa shape index (κ1) is 14.8. The Labute approximate surface area is 125 Å². The molecule has 0 aromatic rings. The summed E-state index contributed by atoms with van der Waals surface area (Å²) in [4.78, 5) is 5.64. The van der Waals surface area contributed by atoms with Crippen molar-refractivity contribution < 1.29 is 0 Å². The number of nitrogens with zero attached hydrogens (tertiary/aromatic N) is 2. The lowest BCUT2D eigenvalue weighted by Crippen LogP contribution is -2.62.